The lowest BCUT2D eigenvalue weighted by Gasteiger charge is -2.41. The van der Waals surface area contributed by atoms with Gasteiger partial charge >= 0.3 is 0 Å². The van der Waals surface area contributed by atoms with Gasteiger partial charge in [-0.15, -0.1) is 0 Å². The van der Waals surface area contributed by atoms with Crippen LogP contribution in [0.5, 0.6) is 0 Å². The zero-order valence-corrected chi connectivity index (χ0v) is 25.1. The fourth-order valence-corrected chi connectivity index (χ4v) is 7.11. The first-order valence-electron chi connectivity index (χ1n) is 15.8. The normalized spacial score (nSPS) is 18.9. The van der Waals surface area contributed by atoms with Gasteiger partial charge in [0.2, 0.25) is 0 Å². The molecule has 0 bridgehead atoms. The van der Waals surface area contributed by atoms with Crippen LogP contribution in [0.1, 0.15) is 5.56 Å². The minimum atomic E-state index is 0.302. The summed E-state index contributed by atoms with van der Waals surface area (Å²) in [5.74, 6) is 2.63. The highest BCUT2D eigenvalue weighted by Crippen LogP contribution is 2.52. The molecule has 2 unspecified atom stereocenters. The van der Waals surface area contributed by atoms with E-state index in [2.05, 4.69) is 127 Å². The summed E-state index contributed by atoms with van der Waals surface area (Å²) in [5.41, 5.74) is 13.1. The van der Waals surface area contributed by atoms with E-state index in [0.717, 1.165) is 33.4 Å². The molecule has 0 saturated heterocycles. The molecule has 4 aromatic carbocycles. The predicted molar refractivity (Wildman–Crippen MR) is 187 cm³/mol. The molecular weight excluding hydrogens is 558 g/mol. The lowest BCUT2D eigenvalue weighted by atomic mass is 9.62. The van der Waals surface area contributed by atoms with Gasteiger partial charge in [-0.2, -0.15) is 0 Å². The van der Waals surface area contributed by atoms with E-state index in [1.807, 2.05) is 36.4 Å². The number of benzene rings is 4. The Morgan fingerprint density at radius 1 is 0.370 bits per heavy atom. The van der Waals surface area contributed by atoms with Gasteiger partial charge in [-0.25, -0.2) is 15.0 Å². The standard InChI is InChI=1S/C43H29N3/c1-4-11-28(12-5-1)34-25-35(37-23-21-31-20-19-29-17-10-18-30-22-24-38(37)40(31)39(29)30)27-36(26-34)43-45-41(32-13-6-2-7-14-32)44-42(46-43)33-15-8-3-9-16-33/h1-27,39-40H. The van der Waals surface area contributed by atoms with Gasteiger partial charge in [0, 0.05) is 28.5 Å². The molecular formula is C43H29N3. The van der Waals surface area contributed by atoms with Gasteiger partial charge in [0.05, 0.1) is 0 Å². The van der Waals surface area contributed by atoms with E-state index in [9.17, 15) is 0 Å². The number of allylic oxidation sites excluding steroid dienone is 14. The Hall–Kier alpha value is -5.93. The third-order valence-electron chi connectivity index (χ3n) is 9.31. The molecule has 0 radical (unpaired) electrons. The minimum Gasteiger partial charge on any atom is -0.208 e. The van der Waals surface area contributed by atoms with Crippen molar-refractivity contribution in [3.63, 3.8) is 0 Å². The van der Waals surface area contributed by atoms with Gasteiger partial charge in [-0.1, -0.05) is 146 Å². The molecule has 4 aliphatic rings. The van der Waals surface area contributed by atoms with Crippen molar-refractivity contribution < 1.29 is 0 Å². The van der Waals surface area contributed by atoms with Gasteiger partial charge in [0.15, 0.2) is 17.5 Å². The average Bonchev–Trinajstić information content (AvgIpc) is 3.14. The van der Waals surface area contributed by atoms with E-state index in [-0.39, 0.29) is 0 Å². The van der Waals surface area contributed by atoms with Crippen LogP contribution >= 0.6 is 0 Å². The maximum atomic E-state index is 5.09. The van der Waals surface area contributed by atoms with Crippen LogP contribution < -0.4 is 0 Å². The summed E-state index contributed by atoms with van der Waals surface area (Å²) in [6, 6.07) is 37.7. The molecule has 0 fully saturated rings. The van der Waals surface area contributed by atoms with Crippen molar-refractivity contribution in [1.82, 2.24) is 15.0 Å². The number of aromatic nitrogens is 3. The maximum Gasteiger partial charge on any atom is 0.164 e. The molecule has 0 aliphatic heterocycles. The maximum absolute atomic E-state index is 5.09. The molecule has 3 heteroatoms. The molecule has 0 amide bonds. The van der Waals surface area contributed by atoms with Crippen molar-refractivity contribution >= 4 is 5.57 Å². The third kappa shape index (κ3) is 4.56. The summed E-state index contributed by atoms with van der Waals surface area (Å²) >= 11 is 0. The summed E-state index contributed by atoms with van der Waals surface area (Å²) in [7, 11) is 0. The highest BCUT2D eigenvalue weighted by molar-refractivity contribution is 5.89. The van der Waals surface area contributed by atoms with Crippen molar-refractivity contribution in [2.45, 2.75) is 0 Å². The topological polar surface area (TPSA) is 38.7 Å². The molecule has 9 rings (SSSR count). The van der Waals surface area contributed by atoms with E-state index in [1.165, 1.54) is 27.9 Å². The molecule has 1 heterocycles. The smallest absolute Gasteiger partial charge is 0.164 e. The van der Waals surface area contributed by atoms with Gasteiger partial charge < -0.3 is 0 Å². The largest absolute Gasteiger partial charge is 0.208 e. The van der Waals surface area contributed by atoms with Crippen molar-refractivity contribution in [1.29, 1.82) is 0 Å². The van der Waals surface area contributed by atoms with Crippen LogP contribution in [0, 0.1) is 11.8 Å². The Balaban J connectivity index is 1.25. The van der Waals surface area contributed by atoms with Crippen LogP contribution in [0.3, 0.4) is 0 Å². The van der Waals surface area contributed by atoms with Crippen LogP contribution in [0.15, 0.2) is 186 Å². The lowest BCUT2D eigenvalue weighted by molar-refractivity contribution is 0.567. The lowest BCUT2D eigenvalue weighted by Crippen LogP contribution is -2.29. The van der Waals surface area contributed by atoms with E-state index >= 15 is 0 Å². The second kappa shape index (κ2) is 10.9. The van der Waals surface area contributed by atoms with E-state index in [1.54, 1.807) is 0 Å². The first kappa shape index (κ1) is 26.5. The van der Waals surface area contributed by atoms with E-state index < -0.39 is 0 Å². The van der Waals surface area contributed by atoms with Crippen molar-refractivity contribution in [3.05, 3.63) is 192 Å². The summed E-state index contributed by atoms with van der Waals surface area (Å²) in [4.78, 5) is 15.1. The predicted octanol–water partition coefficient (Wildman–Crippen LogP) is 10.0. The average molecular weight is 588 g/mol. The molecule has 0 saturated carbocycles. The Morgan fingerprint density at radius 3 is 1.52 bits per heavy atom. The molecule has 2 atom stereocenters. The van der Waals surface area contributed by atoms with Crippen molar-refractivity contribution in [2.75, 3.05) is 0 Å². The Labute approximate surface area is 268 Å². The second-order valence-corrected chi connectivity index (χ2v) is 12.1. The summed E-state index contributed by atoms with van der Waals surface area (Å²) in [6.07, 6.45) is 20.5. The molecule has 3 nitrogen and oxygen atoms in total. The van der Waals surface area contributed by atoms with Gasteiger partial charge in [-0.3, -0.25) is 0 Å². The molecule has 0 spiro atoms. The van der Waals surface area contributed by atoms with E-state index in [0.29, 0.717) is 29.3 Å². The molecule has 0 N–H and O–H groups in total. The summed E-state index contributed by atoms with van der Waals surface area (Å²) < 4.78 is 0. The summed E-state index contributed by atoms with van der Waals surface area (Å²) in [6.45, 7) is 0. The van der Waals surface area contributed by atoms with Crippen molar-refractivity contribution in [2.24, 2.45) is 11.8 Å². The number of hydrogen-bond acceptors (Lipinski definition) is 3. The SMILES string of the molecule is C1=CC2=CC=C3C(c4cc(-c5ccccc5)cc(-c5nc(-c6ccccc6)nc(-c6ccccc6)n5)c4)=CC=C4C=CC(=C1)C2C43. The Kier molecular flexibility index (Phi) is 6.27. The number of nitrogens with zero attached hydrogens (tertiary/aromatic N) is 3. The zero-order valence-electron chi connectivity index (χ0n) is 25.1. The van der Waals surface area contributed by atoms with Crippen molar-refractivity contribution in [3.8, 4) is 45.3 Å². The van der Waals surface area contributed by atoms with Crippen LogP contribution in [0.2, 0.25) is 0 Å². The zero-order chi connectivity index (χ0) is 30.5. The first-order chi connectivity index (χ1) is 22.8. The molecule has 5 aromatic rings. The molecule has 4 aliphatic carbocycles. The second-order valence-electron chi connectivity index (χ2n) is 12.1. The molecule has 1 aromatic heterocycles. The van der Waals surface area contributed by atoms with Crippen LogP contribution in [0.25, 0.3) is 50.9 Å². The third-order valence-corrected chi connectivity index (χ3v) is 9.31. The molecule has 46 heavy (non-hydrogen) atoms. The van der Waals surface area contributed by atoms with Crippen LogP contribution in [-0.4, -0.2) is 15.0 Å². The van der Waals surface area contributed by atoms with Crippen LogP contribution in [-0.2, 0) is 0 Å². The minimum absolute atomic E-state index is 0.302. The van der Waals surface area contributed by atoms with Crippen LogP contribution in [0.4, 0.5) is 0 Å². The fraction of sp³-hybridized carbons (Fsp3) is 0.0465. The number of hydrogen-bond donors (Lipinski definition) is 0. The highest BCUT2D eigenvalue weighted by atomic mass is 15.0. The quantitative estimate of drug-likeness (QED) is 0.205. The highest BCUT2D eigenvalue weighted by Gasteiger charge is 2.39. The fourth-order valence-electron chi connectivity index (χ4n) is 7.11. The van der Waals surface area contributed by atoms with Gasteiger partial charge in [-0.05, 0) is 62.8 Å². The number of rotatable bonds is 5. The van der Waals surface area contributed by atoms with Gasteiger partial charge in [0.25, 0.3) is 0 Å². The first-order valence-corrected chi connectivity index (χ1v) is 15.8. The summed E-state index contributed by atoms with van der Waals surface area (Å²) in [5, 5.41) is 0. The monoisotopic (exact) mass is 587 g/mol. The van der Waals surface area contributed by atoms with Gasteiger partial charge in [0.1, 0.15) is 0 Å². The van der Waals surface area contributed by atoms with E-state index in [4.69, 9.17) is 15.0 Å². The molecule has 216 valence electrons. The Morgan fingerprint density at radius 2 is 0.870 bits per heavy atom. The Bertz CT molecular complexity index is 2170.